The van der Waals surface area contributed by atoms with Crippen LogP contribution in [-0.4, -0.2) is 25.0 Å². The number of carbonyl (C=O) groups is 2. The van der Waals surface area contributed by atoms with Crippen molar-refractivity contribution in [2.24, 2.45) is 0 Å². The summed E-state index contributed by atoms with van der Waals surface area (Å²) in [5.41, 5.74) is 0.728. The number of ether oxygens (including phenoxy) is 1. The lowest BCUT2D eigenvalue weighted by Gasteiger charge is -2.05. The normalized spacial score (nSPS) is 9.94. The maximum Gasteiger partial charge on any atom is 0.325 e. The summed E-state index contributed by atoms with van der Waals surface area (Å²) in [6, 6.07) is 4.95. The molecular formula is C12H13Cl2NO3. The zero-order valence-corrected chi connectivity index (χ0v) is 11.3. The van der Waals surface area contributed by atoms with Gasteiger partial charge in [-0.3, -0.25) is 9.59 Å². The molecule has 4 nitrogen and oxygen atoms in total. The van der Waals surface area contributed by atoms with Crippen LogP contribution in [0.2, 0.25) is 10.0 Å². The first-order chi connectivity index (χ1) is 8.52. The van der Waals surface area contributed by atoms with Crippen molar-refractivity contribution in [3.63, 3.8) is 0 Å². The van der Waals surface area contributed by atoms with Crippen molar-refractivity contribution in [3.8, 4) is 0 Å². The fourth-order valence-corrected chi connectivity index (χ4v) is 1.60. The first kappa shape index (κ1) is 14.8. The Balaban J connectivity index is 2.44. The highest BCUT2D eigenvalue weighted by atomic mass is 35.5. The van der Waals surface area contributed by atoms with E-state index in [2.05, 4.69) is 10.1 Å². The van der Waals surface area contributed by atoms with Gasteiger partial charge in [0.15, 0.2) is 0 Å². The number of hydrogen-bond donors (Lipinski definition) is 1. The van der Waals surface area contributed by atoms with E-state index >= 15 is 0 Å². The van der Waals surface area contributed by atoms with Crippen LogP contribution in [0.25, 0.3) is 0 Å². The van der Waals surface area contributed by atoms with Gasteiger partial charge in [-0.25, -0.2) is 0 Å². The lowest BCUT2D eigenvalue weighted by Crippen LogP contribution is -2.31. The highest BCUT2D eigenvalue weighted by molar-refractivity contribution is 6.42. The summed E-state index contributed by atoms with van der Waals surface area (Å²) in [6.45, 7) is 1.87. The summed E-state index contributed by atoms with van der Waals surface area (Å²) in [4.78, 5) is 22.5. The predicted molar refractivity (Wildman–Crippen MR) is 69.8 cm³/mol. The Labute approximate surface area is 115 Å². The fraction of sp³-hybridized carbons (Fsp3) is 0.333. The molecule has 1 aromatic rings. The number of hydrogen-bond acceptors (Lipinski definition) is 3. The molecule has 0 atom stereocenters. The molecule has 0 saturated carbocycles. The highest BCUT2D eigenvalue weighted by Gasteiger charge is 2.08. The quantitative estimate of drug-likeness (QED) is 0.846. The molecule has 18 heavy (non-hydrogen) atoms. The first-order valence-electron chi connectivity index (χ1n) is 5.39. The van der Waals surface area contributed by atoms with E-state index in [9.17, 15) is 9.59 Å². The van der Waals surface area contributed by atoms with Gasteiger partial charge in [-0.05, 0) is 24.6 Å². The van der Waals surface area contributed by atoms with Gasteiger partial charge in [-0.15, -0.1) is 0 Å². The molecule has 0 aliphatic carbocycles. The predicted octanol–water partition coefficient (Wildman–Crippen LogP) is 2.22. The molecule has 0 fully saturated rings. The zero-order chi connectivity index (χ0) is 13.5. The topological polar surface area (TPSA) is 55.4 Å². The van der Waals surface area contributed by atoms with Crippen LogP contribution in [-0.2, 0) is 20.7 Å². The number of nitrogens with one attached hydrogen (secondary N) is 1. The SMILES string of the molecule is CCOC(=O)CNC(=O)Cc1ccc(Cl)c(Cl)c1. The average molecular weight is 290 g/mol. The fourth-order valence-electron chi connectivity index (χ4n) is 1.28. The van der Waals surface area contributed by atoms with Gasteiger partial charge in [0.05, 0.1) is 23.1 Å². The first-order valence-corrected chi connectivity index (χ1v) is 6.14. The van der Waals surface area contributed by atoms with E-state index < -0.39 is 5.97 Å². The lowest BCUT2D eigenvalue weighted by molar-refractivity contribution is -0.143. The third-order valence-electron chi connectivity index (χ3n) is 2.08. The van der Waals surface area contributed by atoms with Crippen LogP contribution < -0.4 is 5.32 Å². The number of amides is 1. The van der Waals surface area contributed by atoms with E-state index in [-0.39, 0.29) is 18.9 Å². The second-order valence-electron chi connectivity index (χ2n) is 3.51. The minimum atomic E-state index is -0.458. The molecule has 1 amide bonds. The van der Waals surface area contributed by atoms with Crippen molar-refractivity contribution in [3.05, 3.63) is 33.8 Å². The lowest BCUT2D eigenvalue weighted by atomic mass is 10.1. The Morgan fingerprint density at radius 1 is 1.28 bits per heavy atom. The van der Waals surface area contributed by atoms with Gasteiger partial charge in [0, 0.05) is 0 Å². The molecule has 98 valence electrons. The largest absolute Gasteiger partial charge is 0.465 e. The van der Waals surface area contributed by atoms with E-state index in [4.69, 9.17) is 23.2 Å². The number of rotatable bonds is 5. The molecule has 0 heterocycles. The number of carbonyl (C=O) groups excluding carboxylic acids is 2. The molecule has 0 saturated heterocycles. The Bertz CT molecular complexity index is 449. The minimum absolute atomic E-state index is 0.131. The maximum absolute atomic E-state index is 11.5. The van der Waals surface area contributed by atoms with Crippen molar-refractivity contribution in [1.82, 2.24) is 5.32 Å². The summed E-state index contributed by atoms with van der Waals surface area (Å²) < 4.78 is 4.69. The van der Waals surface area contributed by atoms with Gasteiger partial charge in [0.2, 0.25) is 5.91 Å². The summed E-state index contributed by atoms with van der Waals surface area (Å²) >= 11 is 11.6. The molecule has 0 bridgehead atoms. The molecule has 0 radical (unpaired) electrons. The van der Waals surface area contributed by atoms with E-state index in [1.165, 1.54) is 0 Å². The average Bonchev–Trinajstić information content (AvgIpc) is 2.32. The number of benzene rings is 1. The third kappa shape index (κ3) is 4.94. The van der Waals surface area contributed by atoms with E-state index in [1.807, 2.05) is 0 Å². The minimum Gasteiger partial charge on any atom is -0.465 e. The standard InChI is InChI=1S/C12H13Cl2NO3/c1-2-18-12(17)7-15-11(16)6-8-3-4-9(13)10(14)5-8/h3-5H,2,6-7H2,1H3,(H,15,16). The highest BCUT2D eigenvalue weighted by Crippen LogP contribution is 2.22. The summed E-state index contributed by atoms with van der Waals surface area (Å²) in [5.74, 6) is -0.735. The summed E-state index contributed by atoms with van der Waals surface area (Å²) in [6.07, 6.45) is 0.135. The maximum atomic E-state index is 11.5. The molecule has 1 rings (SSSR count). The van der Waals surface area contributed by atoms with Gasteiger partial charge < -0.3 is 10.1 Å². The van der Waals surface area contributed by atoms with Gasteiger partial charge in [-0.2, -0.15) is 0 Å². The molecular weight excluding hydrogens is 277 g/mol. The number of halogens is 2. The molecule has 0 aliphatic rings. The van der Waals surface area contributed by atoms with Crippen molar-refractivity contribution < 1.29 is 14.3 Å². The van der Waals surface area contributed by atoms with Crippen LogP contribution in [0.15, 0.2) is 18.2 Å². The molecule has 0 aromatic heterocycles. The van der Waals surface area contributed by atoms with Gasteiger partial charge in [-0.1, -0.05) is 29.3 Å². The molecule has 0 spiro atoms. The monoisotopic (exact) mass is 289 g/mol. The second-order valence-corrected chi connectivity index (χ2v) is 4.32. The van der Waals surface area contributed by atoms with Crippen LogP contribution in [0, 0.1) is 0 Å². The number of esters is 1. The Morgan fingerprint density at radius 3 is 2.61 bits per heavy atom. The van der Waals surface area contributed by atoms with Crippen molar-refractivity contribution in [2.75, 3.05) is 13.2 Å². The van der Waals surface area contributed by atoms with E-state index in [0.29, 0.717) is 16.7 Å². The van der Waals surface area contributed by atoms with Gasteiger partial charge in [0.25, 0.3) is 0 Å². The molecule has 0 unspecified atom stereocenters. The Hall–Kier alpha value is -1.26. The third-order valence-corrected chi connectivity index (χ3v) is 2.82. The van der Waals surface area contributed by atoms with Crippen LogP contribution >= 0.6 is 23.2 Å². The van der Waals surface area contributed by atoms with Gasteiger partial charge >= 0.3 is 5.97 Å². The zero-order valence-electron chi connectivity index (χ0n) is 9.83. The Kier molecular flexibility index (Phi) is 5.95. The van der Waals surface area contributed by atoms with Crippen molar-refractivity contribution >= 4 is 35.1 Å². The van der Waals surface area contributed by atoms with E-state index in [0.717, 1.165) is 5.56 Å². The summed E-state index contributed by atoms with van der Waals surface area (Å²) in [7, 11) is 0. The second kappa shape index (κ2) is 7.24. The van der Waals surface area contributed by atoms with Crippen molar-refractivity contribution in [2.45, 2.75) is 13.3 Å². The van der Waals surface area contributed by atoms with Crippen LogP contribution in [0.5, 0.6) is 0 Å². The molecule has 0 aliphatic heterocycles. The van der Waals surface area contributed by atoms with Crippen LogP contribution in [0.3, 0.4) is 0 Å². The summed E-state index contributed by atoms with van der Waals surface area (Å²) in [5, 5.41) is 3.29. The smallest absolute Gasteiger partial charge is 0.325 e. The van der Waals surface area contributed by atoms with Crippen LogP contribution in [0.4, 0.5) is 0 Å². The molecule has 6 heteroatoms. The van der Waals surface area contributed by atoms with Crippen LogP contribution in [0.1, 0.15) is 12.5 Å². The van der Waals surface area contributed by atoms with Gasteiger partial charge in [0.1, 0.15) is 6.54 Å². The van der Waals surface area contributed by atoms with Crippen molar-refractivity contribution in [1.29, 1.82) is 0 Å². The van der Waals surface area contributed by atoms with E-state index in [1.54, 1.807) is 25.1 Å². The molecule has 1 N–H and O–H groups in total. The Morgan fingerprint density at radius 2 is 2.00 bits per heavy atom. The molecule has 1 aromatic carbocycles.